The van der Waals surface area contributed by atoms with Crippen LogP contribution in [0, 0.1) is 0 Å². The first kappa shape index (κ1) is 12.7. The molecule has 0 fully saturated rings. The predicted octanol–water partition coefficient (Wildman–Crippen LogP) is 4.76. The number of alkyl halides is 1. The lowest BCUT2D eigenvalue weighted by atomic mass is 10.1. The first-order valence-corrected chi connectivity index (χ1v) is 7.21. The molecule has 1 aliphatic rings. The average molecular weight is 337 g/mol. The maximum absolute atomic E-state index is 11.2. The van der Waals surface area contributed by atoms with Crippen molar-refractivity contribution in [2.75, 3.05) is 5.32 Å². The van der Waals surface area contributed by atoms with Crippen LogP contribution >= 0.6 is 27.5 Å². The molecule has 1 atom stereocenters. The molecule has 1 amide bonds. The fourth-order valence-corrected chi connectivity index (χ4v) is 3.44. The molecule has 0 aliphatic heterocycles. The van der Waals surface area contributed by atoms with Crippen LogP contribution in [0.4, 0.5) is 5.69 Å². The van der Waals surface area contributed by atoms with Gasteiger partial charge in [0.05, 0.1) is 15.5 Å². The van der Waals surface area contributed by atoms with Crippen LogP contribution in [0.2, 0.25) is 5.02 Å². The highest BCUT2D eigenvalue weighted by Gasteiger charge is 2.27. The molecule has 0 aromatic heterocycles. The normalized spacial score (nSPS) is 15.8. The largest absolute Gasteiger partial charge is 0.325 e. The van der Waals surface area contributed by atoms with Crippen molar-refractivity contribution in [3.05, 3.63) is 52.5 Å². The third-order valence-electron chi connectivity index (χ3n) is 3.25. The summed E-state index contributed by atoms with van der Waals surface area (Å²) in [4.78, 5) is 11.3. The van der Waals surface area contributed by atoms with Crippen molar-refractivity contribution in [1.82, 2.24) is 0 Å². The van der Waals surface area contributed by atoms with Gasteiger partial charge in [-0.1, -0.05) is 51.8 Å². The molecule has 1 aliphatic carbocycles. The fraction of sp³-hybridized carbons (Fsp3) is 0.133. The van der Waals surface area contributed by atoms with Crippen LogP contribution in [-0.2, 0) is 4.79 Å². The molecule has 3 rings (SSSR count). The Balaban J connectivity index is 2.17. The van der Waals surface area contributed by atoms with E-state index in [0.29, 0.717) is 10.7 Å². The van der Waals surface area contributed by atoms with E-state index < -0.39 is 0 Å². The number of nitrogens with one attached hydrogen (secondary N) is 1. The van der Waals surface area contributed by atoms with E-state index in [-0.39, 0.29) is 10.7 Å². The van der Waals surface area contributed by atoms with Crippen LogP contribution in [0.25, 0.3) is 11.1 Å². The molecule has 1 unspecified atom stereocenters. The number of carbonyl (C=O) groups is 1. The molecule has 0 radical (unpaired) electrons. The van der Waals surface area contributed by atoms with Crippen molar-refractivity contribution in [2.24, 2.45) is 0 Å². The summed E-state index contributed by atoms with van der Waals surface area (Å²) in [6.07, 6.45) is 0. The van der Waals surface area contributed by atoms with Crippen molar-refractivity contribution in [3.8, 4) is 11.1 Å². The Morgan fingerprint density at radius 3 is 2.68 bits per heavy atom. The Bertz CT molecular complexity index is 684. The third kappa shape index (κ3) is 2.07. The molecule has 2 aromatic carbocycles. The van der Waals surface area contributed by atoms with E-state index in [4.69, 9.17) is 11.6 Å². The lowest BCUT2D eigenvalue weighted by molar-refractivity contribution is -0.114. The summed E-state index contributed by atoms with van der Waals surface area (Å²) in [6.45, 7) is 1.48. The van der Waals surface area contributed by atoms with Gasteiger partial charge in [0.1, 0.15) is 0 Å². The number of fused-ring (bicyclic) bond motifs is 3. The quantitative estimate of drug-likeness (QED) is 0.747. The SMILES string of the molecule is CC(=O)Nc1cc2c(cc1Cl)-c1ccccc1C2Br. The Kier molecular flexibility index (Phi) is 3.11. The van der Waals surface area contributed by atoms with E-state index in [1.165, 1.54) is 18.1 Å². The summed E-state index contributed by atoms with van der Waals surface area (Å²) >= 11 is 9.94. The van der Waals surface area contributed by atoms with E-state index >= 15 is 0 Å². The van der Waals surface area contributed by atoms with Gasteiger partial charge in [0.15, 0.2) is 0 Å². The van der Waals surface area contributed by atoms with Gasteiger partial charge in [-0.2, -0.15) is 0 Å². The first-order chi connectivity index (χ1) is 9.08. The van der Waals surface area contributed by atoms with E-state index in [0.717, 1.165) is 11.1 Å². The molecule has 2 nitrogen and oxygen atoms in total. The van der Waals surface area contributed by atoms with Gasteiger partial charge >= 0.3 is 0 Å². The van der Waals surface area contributed by atoms with Crippen LogP contribution in [0.15, 0.2) is 36.4 Å². The number of benzene rings is 2. The molecule has 0 saturated carbocycles. The summed E-state index contributed by atoms with van der Waals surface area (Å²) in [5.74, 6) is -0.122. The highest BCUT2D eigenvalue weighted by molar-refractivity contribution is 9.09. The van der Waals surface area contributed by atoms with E-state index in [9.17, 15) is 4.79 Å². The number of halogens is 2. The molecule has 0 bridgehead atoms. The van der Waals surface area contributed by atoms with Gasteiger partial charge in [0.25, 0.3) is 0 Å². The highest BCUT2D eigenvalue weighted by Crippen LogP contribution is 2.49. The van der Waals surface area contributed by atoms with Gasteiger partial charge < -0.3 is 5.32 Å². The Hall–Kier alpha value is -1.32. The second-order valence-electron chi connectivity index (χ2n) is 4.55. The summed E-state index contributed by atoms with van der Waals surface area (Å²) in [5.41, 5.74) is 5.33. The second-order valence-corrected chi connectivity index (χ2v) is 5.87. The van der Waals surface area contributed by atoms with E-state index in [1.807, 2.05) is 24.3 Å². The lowest BCUT2D eigenvalue weighted by Gasteiger charge is -2.10. The summed E-state index contributed by atoms with van der Waals surface area (Å²) in [7, 11) is 0. The zero-order chi connectivity index (χ0) is 13.6. The Morgan fingerprint density at radius 2 is 1.95 bits per heavy atom. The minimum Gasteiger partial charge on any atom is -0.325 e. The third-order valence-corrected chi connectivity index (χ3v) is 4.55. The molecule has 1 N–H and O–H groups in total. The molecular formula is C15H11BrClNO. The molecule has 2 aromatic rings. The topological polar surface area (TPSA) is 29.1 Å². The summed E-state index contributed by atoms with van der Waals surface area (Å²) in [5, 5.41) is 3.32. The molecule has 4 heteroatoms. The average Bonchev–Trinajstić information content (AvgIpc) is 2.64. The standard InChI is InChI=1S/C15H11BrClNO/c1-8(19)18-14-7-12-11(6-13(14)17)9-4-2-3-5-10(9)15(12)16/h2-7,15H,1H3,(H,18,19). The number of hydrogen-bond acceptors (Lipinski definition) is 1. The highest BCUT2D eigenvalue weighted by atomic mass is 79.9. The maximum Gasteiger partial charge on any atom is 0.221 e. The van der Waals surface area contributed by atoms with Gasteiger partial charge in [-0.25, -0.2) is 0 Å². The monoisotopic (exact) mass is 335 g/mol. The molecule has 19 heavy (non-hydrogen) atoms. The van der Waals surface area contributed by atoms with Crippen LogP contribution < -0.4 is 5.32 Å². The van der Waals surface area contributed by atoms with Gasteiger partial charge in [-0.05, 0) is 34.4 Å². The number of hydrogen-bond donors (Lipinski definition) is 1. The molecule has 0 heterocycles. The lowest BCUT2D eigenvalue weighted by Crippen LogP contribution is -2.06. The van der Waals surface area contributed by atoms with Crippen molar-refractivity contribution in [2.45, 2.75) is 11.8 Å². The Morgan fingerprint density at radius 1 is 1.21 bits per heavy atom. The molecular weight excluding hydrogens is 326 g/mol. The minimum absolute atomic E-state index is 0.122. The Labute approximate surface area is 124 Å². The maximum atomic E-state index is 11.2. The number of anilines is 1. The predicted molar refractivity (Wildman–Crippen MR) is 82.0 cm³/mol. The molecule has 0 spiro atoms. The zero-order valence-electron chi connectivity index (χ0n) is 10.2. The summed E-state index contributed by atoms with van der Waals surface area (Å²) < 4.78 is 0. The van der Waals surface area contributed by atoms with Crippen molar-refractivity contribution < 1.29 is 4.79 Å². The summed E-state index contributed by atoms with van der Waals surface area (Å²) in [6, 6.07) is 12.1. The zero-order valence-corrected chi connectivity index (χ0v) is 12.5. The van der Waals surface area contributed by atoms with Gasteiger partial charge in [0, 0.05) is 6.92 Å². The van der Waals surface area contributed by atoms with E-state index in [1.54, 1.807) is 0 Å². The smallest absolute Gasteiger partial charge is 0.221 e. The van der Waals surface area contributed by atoms with Crippen LogP contribution in [0.1, 0.15) is 22.9 Å². The van der Waals surface area contributed by atoms with Crippen molar-refractivity contribution in [1.29, 1.82) is 0 Å². The van der Waals surface area contributed by atoms with Crippen LogP contribution in [0.5, 0.6) is 0 Å². The minimum atomic E-state index is -0.122. The number of amides is 1. The van der Waals surface area contributed by atoms with Gasteiger partial charge in [-0.15, -0.1) is 0 Å². The van der Waals surface area contributed by atoms with Gasteiger partial charge in [0.2, 0.25) is 5.91 Å². The van der Waals surface area contributed by atoms with Gasteiger partial charge in [-0.3, -0.25) is 4.79 Å². The second kappa shape index (κ2) is 4.66. The number of rotatable bonds is 1. The molecule has 0 saturated heterocycles. The van der Waals surface area contributed by atoms with Crippen LogP contribution in [0.3, 0.4) is 0 Å². The van der Waals surface area contributed by atoms with Crippen LogP contribution in [-0.4, -0.2) is 5.91 Å². The van der Waals surface area contributed by atoms with Crippen molar-refractivity contribution in [3.63, 3.8) is 0 Å². The number of carbonyl (C=O) groups excluding carboxylic acids is 1. The van der Waals surface area contributed by atoms with E-state index in [2.05, 4.69) is 33.4 Å². The van der Waals surface area contributed by atoms with Crippen molar-refractivity contribution >= 4 is 39.1 Å². The fourth-order valence-electron chi connectivity index (χ4n) is 2.45. The molecule has 96 valence electrons. The first-order valence-electron chi connectivity index (χ1n) is 5.92.